The van der Waals surface area contributed by atoms with Crippen molar-refractivity contribution in [2.75, 3.05) is 11.1 Å². The molecule has 8 heteroatoms. The minimum atomic E-state index is -0.707. The Balaban J connectivity index is 1.59. The van der Waals surface area contributed by atoms with Gasteiger partial charge in [-0.25, -0.2) is 4.79 Å². The summed E-state index contributed by atoms with van der Waals surface area (Å²) in [4.78, 5) is 26.1. The molecule has 1 aliphatic rings. The molecule has 194 valence electrons. The Morgan fingerprint density at radius 1 is 1.08 bits per heavy atom. The first-order valence-electron chi connectivity index (χ1n) is 12.1. The Morgan fingerprint density at radius 2 is 1.76 bits per heavy atom. The molecule has 0 radical (unpaired) electrons. The molecule has 3 aromatic carbocycles. The van der Waals surface area contributed by atoms with E-state index < -0.39 is 17.5 Å². The molecule has 1 heterocycles. The number of esters is 1. The van der Waals surface area contributed by atoms with Gasteiger partial charge < -0.3 is 15.4 Å². The van der Waals surface area contributed by atoms with Crippen molar-refractivity contribution in [2.24, 2.45) is 0 Å². The second-order valence-electron chi connectivity index (χ2n) is 9.90. The Hall–Kier alpha value is -3.73. The van der Waals surface area contributed by atoms with Crippen molar-refractivity contribution in [3.8, 4) is 6.07 Å². The van der Waals surface area contributed by atoms with Crippen molar-refractivity contribution in [3.05, 3.63) is 99.2 Å². The monoisotopic (exact) mass is 545 g/mol. The minimum Gasteiger partial charge on any atom is -0.457 e. The van der Waals surface area contributed by atoms with Crippen LogP contribution in [0, 0.1) is 11.3 Å². The Labute approximate surface area is 231 Å². The molecule has 0 bridgehead atoms. The highest BCUT2D eigenvalue weighted by Gasteiger charge is 2.37. The van der Waals surface area contributed by atoms with E-state index in [1.807, 2.05) is 42.5 Å². The number of halogens is 1. The quantitative estimate of drug-likeness (QED) is 0.327. The second-order valence-corrected chi connectivity index (χ2v) is 11.3. The molecule has 0 fully saturated rings. The van der Waals surface area contributed by atoms with Gasteiger partial charge in [0.05, 0.1) is 33.9 Å². The van der Waals surface area contributed by atoms with Crippen molar-refractivity contribution in [3.63, 3.8) is 0 Å². The van der Waals surface area contributed by atoms with E-state index >= 15 is 0 Å². The lowest BCUT2D eigenvalue weighted by molar-refractivity contribution is -0.150. The molecule has 0 saturated heterocycles. The number of nitriles is 1. The van der Waals surface area contributed by atoms with Gasteiger partial charge in [0, 0.05) is 16.4 Å². The van der Waals surface area contributed by atoms with Crippen molar-refractivity contribution < 1.29 is 14.3 Å². The van der Waals surface area contributed by atoms with Gasteiger partial charge in [0.25, 0.3) is 0 Å². The van der Waals surface area contributed by atoms with Gasteiger partial charge in [0.1, 0.15) is 5.60 Å². The molecule has 2 N–H and O–H groups in total. The van der Waals surface area contributed by atoms with Crippen molar-refractivity contribution in [2.45, 2.75) is 39.2 Å². The lowest BCUT2D eigenvalue weighted by atomic mass is 9.82. The number of amides is 1. The minimum absolute atomic E-state index is 0.0722. The number of rotatable bonds is 6. The number of hydrogen-bond donors (Lipinski definition) is 2. The first-order valence-corrected chi connectivity index (χ1v) is 13.4. The molecular formula is C30H28ClN3O3S. The molecule has 4 rings (SSSR count). The smallest absolute Gasteiger partial charge is 0.337 e. The van der Waals surface area contributed by atoms with Crippen LogP contribution in [-0.2, 0) is 14.3 Å². The number of nitrogens with one attached hydrogen (secondary N) is 2. The van der Waals surface area contributed by atoms with Crippen LogP contribution < -0.4 is 10.6 Å². The van der Waals surface area contributed by atoms with Crippen LogP contribution in [0.25, 0.3) is 10.8 Å². The molecule has 0 saturated carbocycles. The standard InChI is InChI=1S/C30H28ClN3O3S/c1-18-26(29(36)37-30(2,3)4)27(20-9-12-22(31)13-10-20)24(16-32)28(33-18)38-17-25(35)34-23-14-11-19-7-5-6-8-21(19)15-23/h5-15,27,33H,17H2,1-4H3,(H,34,35)/t27-/m1/s1. The highest BCUT2D eigenvalue weighted by Crippen LogP contribution is 2.41. The zero-order chi connectivity index (χ0) is 27.4. The van der Waals surface area contributed by atoms with E-state index in [0.717, 1.165) is 16.3 Å². The first kappa shape index (κ1) is 27.3. The zero-order valence-corrected chi connectivity index (χ0v) is 23.2. The number of carbonyl (C=O) groups is 2. The van der Waals surface area contributed by atoms with Crippen LogP contribution in [0.15, 0.2) is 88.6 Å². The average Bonchev–Trinajstić information content (AvgIpc) is 2.86. The van der Waals surface area contributed by atoms with E-state index in [0.29, 0.717) is 32.6 Å². The van der Waals surface area contributed by atoms with Gasteiger partial charge in [-0.15, -0.1) is 0 Å². The number of ether oxygens (including phenoxy) is 1. The number of carbonyl (C=O) groups excluding carboxylic acids is 2. The van der Waals surface area contributed by atoms with Gasteiger partial charge in [0.15, 0.2) is 0 Å². The average molecular weight is 546 g/mol. The maximum Gasteiger partial charge on any atom is 0.337 e. The van der Waals surface area contributed by atoms with Crippen molar-refractivity contribution in [1.29, 1.82) is 5.26 Å². The van der Waals surface area contributed by atoms with Crippen LogP contribution in [-0.4, -0.2) is 23.2 Å². The molecule has 38 heavy (non-hydrogen) atoms. The molecule has 0 unspecified atom stereocenters. The fraction of sp³-hybridized carbons (Fsp3) is 0.233. The molecule has 1 atom stereocenters. The Morgan fingerprint density at radius 3 is 2.42 bits per heavy atom. The lowest BCUT2D eigenvalue weighted by Gasteiger charge is -2.31. The number of benzene rings is 3. The summed E-state index contributed by atoms with van der Waals surface area (Å²) in [5.41, 5.74) is 1.97. The number of anilines is 1. The van der Waals surface area contributed by atoms with E-state index in [2.05, 4.69) is 16.7 Å². The molecule has 1 aliphatic heterocycles. The van der Waals surface area contributed by atoms with Gasteiger partial charge in [0.2, 0.25) is 5.91 Å². The Bertz CT molecular complexity index is 1500. The van der Waals surface area contributed by atoms with E-state index in [4.69, 9.17) is 16.3 Å². The van der Waals surface area contributed by atoms with Gasteiger partial charge in [-0.05, 0) is 68.3 Å². The fourth-order valence-corrected chi connectivity index (χ4v) is 5.24. The number of hydrogen-bond acceptors (Lipinski definition) is 6. The summed E-state index contributed by atoms with van der Waals surface area (Å²) >= 11 is 7.32. The summed E-state index contributed by atoms with van der Waals surface area (Å²) in [5.74, 6) is -1.31. The Kier molecular flexibility index (Phi) is 8.15. The maximum atomic E-state index is 13.3. The zero-order valence-electron chi connectivity index (χ0n) is 21.6. The topological polar surface area (TPSA) is 91.2 Å². The third kappa shape index (κ3) is 6.39. The van der Waals surface area contributed by atoms with Crippen LogP contribution in [0.3, 0.4) is 0 Å². The van der Waals surface area contributed by atoms with E-state index in [9.17, 15) is 14.9 Å². The van der Waals surface area contributed by atoms with Gasteiger partial charge in [-0.1, -0.05) is 65.8 Å². The van der Waals surface area contributed by atoms with Crippen molar-refractivity contribution >= 4 is 51.7 Å². The van der Waals surface area contributed by atoms with Crippen LogP contribution in [0.5, 0.6) is 0 Å². The predicted molar refractivity (Wildman–Crippen MR) is 154 cm³/mol. The molecule has 6 nitrogen and oxygen atoms in total. The van der Waals surface area contributed by atoms with E-state index in [1.54, 1.807) is 52.0 Å². The maximum absolute atomic E-state index is 13.3. The molecular weight excluding hydrogens is 518 g/mol. The van der Waals surface area contributed by atoms with Gasteiger partial charge in [-0.2, -0.15) is 5.26 Å². The number of allylic oxidation sites excluding steroid dienone is 2. The fourth-order valence-electron chi connectivity index (χ4n) is 4.22. The normalized spacial score (nSPS) is 15.6. The van der Waals surface area contributed by atoms with Gasteiger partial charge in [-0.3, -0.25) is 4.79 Å². The van der Waals surface area contributed by atoms with Crippen LogP contribution in [0.1, 0.15) is 39.2 Å². The SMILES string of the molecule is CC1=C(C(=O)OC(C)(C)C)[C@H](c2ccc(Cl)cc2)C(C#N)=C(SCC(=O)Nc2ccc3ccccc3c2)N1. The number of nitrogens with zero attached hydrogens (tertiary/aromatic N) is 1. The highest BCUT2D eigenvalue weighted by atomic mass is 35.5. The molecule has 0 aromatic heterocycles. The van der Waals surface area contributed by atoms with Crippen LogP contribution >= 0.6 is 23.4 Å². The molecule has 3 aromatic rings. The second kappa shape index (κ2) is 11.3. The lowest BCUT2D eigenvalue weighted by Crippen LogP contribution is -2.32. The van der Waals surface area contributed by atoms with Crippen LogP contribution in [0.4, 0.5) is 5.69 Å². The third-order valence-electron chi connectivity index (χ3n) is 5.85. The summed E-state index contributed by atoms with van der Waals surface area (Å²) < 4.78 is 5.68. The summed E-state index contributed by atoms with van der Waals surface area (Å²) in [6.07, 6.45) is 0. The van der Waals surface area contributed by atoms with Crippen LogP contribution in [0.2, 0.25) is 5.02 Å². The first-order chi connectivity index (χ1) is 18.1. The molecule has 0 aliphatic carbocycles. The van der Waals surface area contributed by atoms with E-state index in [-0.39, 0.29) is 11.7 Å². The summed E-state index contributed by atoms with van der Waals surface area (Å²) in [6.45, 7) is 7.16. The predicted octanol–water partition coefficient (Wildman–Crippen LogP) is 6.90. The number of fused-ring (bicyclic) bond motifs is 1. The summed E-state index contributed by atoms with van der Waals surface area (Å²) in [6, 6.07) is 23.0. The third-order valence-corrected chi connectivity index (χ3v) is 7.12. The number of dihydropyridines is 1. The van der Waals surface area contributed by atoms with Gasteiger partial charge >= 0.3 is 5.97 Å². The highest BCUT2D eigenvalue weighted by molar-refractivity contribution is 8.03. The summed E-state index contributed by atoms with van der Waals surface area (Å²) in [5, 5.41) is 19.5. The summed E-state index contributed by atoms with van der Waals surface area (Å²) in [7, 11) is 0. The van der Waals surface area contributed by atoms with E-state index in [1.165, 1.54) is 11.8 Å². The number of thioether (sulfide) groups is 1. The molecule has 0 spiro atoms. The largest absolute Gasteiger partial charge is 0.457 e. The van der Waals surface area contributed by atoms with Crippen molar-refractivity contribution in [1.82, 2.24) is 5.32 Å². The molecule has 1 amide bonds.